The van der Waals surface area contributed by atoms with Gasteiger partial charge in [0.15, 0.2) is 11.5 Å². The van der Waals surface area contributed by atoms with Gasteiger partial charge in [-0.25, -0.2) is 0 Å². The van der Waals surface area contributed by atoms with Gasteiger partial charge in [-0.05, 0) is 23.8 Å². The number of rotatable bonds is 1. The minimum absolute atomic E-state index is 0.0465. The lowest BCUT2D eigenvalue weighted by Gasteiger charge is -2.27. The van der Waals surface area contributed by atoms with E-state index >= 15 is 0 Å². The summed E-state index contributed by atoms with van der Waals surface area (Å²) in [4.78, 5) is 0. The largest absolute Gasteiger partial charge is 0.504 e. The molecule has 1 aliphatic carbocycles. The smallest absolute Gasteiger partial charge is 0.201 e. The fraction of sp³-hybridized carbons (Fsp3) is 0.143. The van der Waals surface area contributed by atoms with Crippen molar-refractivity contribution in [3.63, 3.8) is 0 Å². The number of phenols is 3. The molecule has 0 spiro atoms. The highest BCUT2D eigenvalue weighted by Gasteiger charge is 2.25. The van der Waals surface area contributed by atoms with E-state index in [2.05, 4.69) is 5.32 Å². The van der Waals surface area contributed by atoms with E-state index in [4.69, 9.17) is 4.74 Å². The van der Waals surface area contributed by atoms with Crippen molar-refractivity contribution < 1.29 is 20.1 Å². The summed E-state index contributed by atoms with van der Waals surface area (Å²) in [6.07, 6.45) is 7.38. The summed E-state index contributed by atoms with van der Waals surface area (Å²) in [7, 11) is 1.59. The third-order valence-electron chi connectivity index (χ3n) is 3.27. The van der Waals surface area contributed by atoms with Gasteiger partial charge in [-0.2, -0.15) is 0 Å². The maximum atomic E-state index is 9.87. The number of fused-ring (bicyclic) bond motifs is 2. The zero-order chi connectivity index (χ0) is 13.6. The van der Waals surface area contributed by atoms with Crippen molar-refractivity contribution in [3.05, 3.63) is 41.2 Å². The zero-order valence-corrected chi connectivity index (χ0v) is 10.2. The van der Waals surface area contributed by atoms with Crippen LogP contribution in [0.15, 0.2) is 35.6 Å². The predicted molar refractivity (Wildman–Crippen MR) is 71.1 cm³/mol. The van der Waals surface area contributed by atoms with E-state index in [1.54, 1.807) is 13.2 Å². The molecule has 5 nitrogen and oxygen atoms in total. The second-order valence-corrected chi connectivity index (χ2v) is 4.43. The average molecular weight is 259 g/mol. The number of methoxy groups -OCH3 is 1. The lowest BCUT2D eigenvalue weighted by atomic mass is 9.93. The van der Waals surface area contributed by atoms with Crippen molar-refractivity contribution in [1.29, 1.82) is 0 Å². The Balaban J connectivity index is 2.14. The van der Waals surface area contributed by atoms with Gasteiger partial charge in [-0.15, -0.1) is 0 Å². The number of anilines is 1. The number of nitrogens with one attached hydrogen (secondary N) is 1. The van der Waals surface area contributed by atoms with Crippen LogP contribution in [0.4, 0.5) is 5.69 Å². The number of benzene rings is 1. The van der Waals surface area contributed by atoms with Crippen LogP contribution in [-0.2, 0) is 4.74 Å². The molecule has 4 N–H and O–H groups in total. The van der Waals surface area contributed by atoms with E-state index in [0.29, 0.717) is 11.3 Å². The second kappa shape index (κ2) is 3.98. The molecule has 3 rings (SSSR count). The molecule has 0 aromatic heterocycles. The molecule has 1 aliphatic heterocycles. The molecule has 98 valence electrons. The van der Waals surface area contributed by atoms with Crippen LogP contribution in [0.5, 0.6) is 17.2 Å². The topological polar surface area (TPSA) is 82.0 Å². The monoisotopic (exact) mass is 259 g/mol. The molecule has 1 heterocycles. The van der Waals surface area contributed by atoms with Crippen molar-refractivity contribution in [2.24, 2.45) is 0 Å². The Morgan fingerprint density at radius 3 is 2.68 bits per heavy atom. The SMILES string of the molecule is COC1=CC2=Cc3c(cc(O)c(O)c3O)NC2C=C1. The highest BCUT2D eigenvalue weighted by molar-refractivity contribution is 5.83. The Hall–Kier alpha value is -2.56. The Labute approximate surface area is 109 Å². The Bertz CT molecular complexity index is 643. The molecule has 19 heavy (non-hydrogen) atoms. The van der Waals surface area contributed by atoms with Crippen molar-refractivity contribution in [2.75, 3.05) is 12.4 Å². The molecule has 1 unspecified atom stereocenters. The number of aromatic hydroxyl groups is 3. The molecule has 0 amide bonds. The van der Waals surface area contributed by atoms with Crippen LogP contribution >= 0.6 is 0 Å². The second-order valence-electron chi connectivity index (χ2n) is 4.43. The lowest BCUT2D eigenvalue weighted by molar-refractivity contribution is 0.305. The van der Waals surface area contributed by atoms with Crippen molar-refractivity contribution in [2.45, 2.75) is 6.04 Å². The zero-order valence-electron chi connectivity index (χ0n) is 10.2. The summed E-state index contributed by atoms with van der Waals surface area (Å²) >= 11 is 0. The number of hydrogen-bond donors (Lipinski definition) is 4. The first-order valence-electron chi connectivity index (χ1n) is 5.80. The Morgan fingerprint density at radius 1 is 1.16 bits per heavy atom. The van der Waals surface area contributed by atoms with Gasteiger partial charge in [0.05, 0.1) is 13.2 Å². The van der Waals surface area contributed by atoms with Crippen molar-refractivity contribution in [1.82, 2.24) is 0 Å². The van der Waals surface area contributed by atoms with E-state index in [0.717, 1.165) is 11.3 Å². The van der Waals surface area contributed by atoms with Gasteiger partial charge in [0.1, 0.15) is 5.76 Å². The van der Waals surface area contributed by atoms with Crippen LogP contribution in [0.3, 0.4) is 0 Å². The molecule has 0 saturated heterocycles. The standard InChI is InChI=1S/C14H13NO4/c1-19-8-2-3-10-7(4-8)5-9-11(15-10)6-12(16)14(18)13(9)17/h2-6,10,15-18H,1H3. The number of phenolic OH excluding ortho intramolecular Hbond substituents is 3. The van der Waals surface area contributed by atoms with Gasteiger partial charge in [-0.1, -0.05) is 6.08 Å². The molecule has 1 atom stereocenters. The van der Waals surface area contributed by atoms with Crippen LogP contribution in [0.25, 0.3) is 6.08 Å². The quantitative estimate of drug-likeness (QED) is 0.458. The molecule has 0 bridgehead atoms. The number of ether oxygens (including phenoxy) is 1. The first-order chi connectivity index (χ1) is 9.10. The lowest BCUT2D eigenvalue weighted by Crippen LogP contribution is -2.24. The van der Waals surface area contributed by atoms with E-state index in [1.165, 1.54) is 6.07 Å². The summed E-state index contributed by atoms with van der Waals surface area (Å²) in [5, 5.41) is 32.1. The highest BCUT2D eigenvalue weighted by Crippen LogP contribution is 2.45. The maximum Gasteiger partial charge on any atom is 0.201 e. The molecule has 0 saturated carbocycles. The summed E-state index contributed by atoms with van der Waals surface area (Å²) < 4.78 is 5.15. The molecule has 1 aromatic rings. The summed E-state index contributed by atoms with van der Waals surface area (Å²) in [6, 6.07) is 1.34. The van der Waals surface area contributed by atoms with Crippen molar-refractivity contribution in [3.8, 4) is 17.2 Å². The van der Waals surface area contributed by atoms with E-state index < -0.39 is 5.75 Å². The van der Waals surface area contributed by atoms with Gasteiger partial charge in [0, 0.05) is 17.3 Å². The molecule has 2 aliphatic rings. The fourth-order valence-electron chi connectivity index (χ4n) is 2.25. The minimum Gasteiger partial charge on any atom is -0.504 e. The van der Waals surface area contributed by atoms with E-state index in [1.807, 2.05) is 18.2 Å². The normalized spacial score (nSPS) is 19.7. The van der Waals surface area contributed by atoms with E-state index in [9.17, 15) is 15.3 Å². The first-order valence-corrected chi connectivity index (χ1v) is 5.80. The third kappa shape index (κ3) is 1.71. The fourth-order valence-corrected chi connectivity index (χ4v) is 2.25. The van der Waals surface area contributed by atoms with Crippen LogP contribution in [0.1, 0.15) is 5.56 Å². The van der Waals surface area contributed by atoms with Crippen LogP contribution in [-0.4, -0.2) is 28.5 Å². The third-order valence-corrected chi connectivity index (χ3v) is 3.27. The molecule has 5 heteroatoms. The summed E-state index contributed by atoms with van der Waals surface area (Å²) in [5.41, 5.74) is 1.93. The highest BCUT2D eigenvalue weighted by atomic mass is 16.5. The van der Waals surface area contributed by atoms with Crippen molar-refractivity contribution >= 4 is 11.8 Å². The van der Waals surface area contributed by atoms with E-state index in [-0.39, 0.29) is 17.5 Å². The molecular weight excluding hydrogens is 246 g/mol. The minimum atomic E-state index is -0.516. The Kier molecular flexibility index (Phi) is 2.41. The summed E-state index contributed by atoms with van der Waals surface area (Å²) in [6.45, 7) is 0. The first kappa shape index (κ1) is 11.5. The van der Waals surface area contributed by atoms with Crippen LogP contribution in [0.2, 0.25) is 0 Å². The van der Waals surface area contributed by atoms with Gasteiger partial charge in [-0.3, -0.25) is 0 Å². The predicted octanol–water partition coefficient (Wildman–Crippen LogP) is 2.08. The molecule has 1 aromatic carbocycles. The van der Waals surface area contributed by atoms with Gasteiger partial charge >= 0.3 is 0 Å². The Morgan fingerprint density at radius 2 is 1.95 bits per heavy atom. The summed E-state index contributed by atoms with van der Waals surface area (Å²) in [5.74, 6) is -0.489. The number of allylic oxidation sites excluding steroid dienone is 1. The van der Waals surface area contributed by atoms with Crippen LogP contribution < -0.4 is 5.32 Å². The average Bonchev–Trinajstić information content (AvgIpc) is 2.43. The van der Waals surface area contributed by atoms with Crippen LogP contribution in [0, 0.1) is 0 Å². The van der Waals surface area contributed by atoms with Gasteiger partial charge in [0.25, 0.3) is 0 Å². The molecule has 0 radical (unpaired) electrons. The number of hydrogen-bond acceptors (Lipinski definition) is 5. The van der Waals surface area contributed by atoms with Gasteiger partial charge in [0.2, 0.25) is 5.75 Å². The maximum absolute atomic E-state index is 9.87. The van der Waals surface area contributed by atoms with Gasteiger partial charge < -0.3 is 25.4 Å². The molecular formula is C14H13NO4. The molecule has 0 fully saturated rings.